The number of aromatic nitrogens is 5. The van der Waals surface area contributed by atoms with Crippen molar-refractivity contribution in [2.45, 2.75) is 17.5 Å². The van der Waals surface area contributed by atoms with Gasteiger partial charge in [0.15, 0.2) is 0 Å². The number of hydrogen-bond acceptors (Lipinski definition) is 6. The molecule has 26 heavy (non-hydrogen) atoms. The van der Waals surface area contributed by atoms with Crippen molar-refractivity contribution < 1.29 is 4.74 Å². The number of ether oxygens (including phenoxy) is 1. The van der Waals surface area contributed by atoms with Crippen LogP contribution in [0.1, 0.15) is 11.1 Å². The number of fused-ring (bicyclic) bond motifs is 1. The van der Waals surface area contributed by atoms with E-state index in [0.717, 1.165) is 16.9 Å². The molecule has 6 nitrogen and oxygen atoms in total. The molecule has 4 rings (SSSR count). The van der Waals surface area contributed by atoms with Gasteiger partial charge in [-0.05, 0) is 30.3 Å². The zero-order valence-electron chi connectivity index (χ0n) is 13.6. The minimum Gasteiger partial charge on any atom is -0.489 e. The maximum Gasteiger partial charge on any atom is 0.253 e. The summed E-state index contributed by atoms with van der Waals surface area (Å²) in [5.41, 5.74) is 1.99. The Morgan fingerprint density at radius 2 is 2.12 bits per heavy atom. The van der Waals surface area contributed by atoms with Crippen molar-refractivity contribution >= 4 is 29.1 Å². The van der Waals surface area contributed by atoms with E-state index < -0.39 is 0 Å². The molecule has 0 amide bonds. The van der Waals surface area contributed by atoms with Crippen LogP contribution in [-0.2, 0) is 12.4 Å². The third-order valence-electron chi connectivity index (χ3n) is 3.59. The van der Waals surface area contributed by atoms with E-state index in [1.807, 2.05) is 42.6 Å². The van der Waals surface area contributed by atoms with Crippen molar-refractivity contribution in [1.82, 2.24) is 24.6 Å². The van der Waals surface area contributed by atoms with E-state index in [4.69, 9.17) is 16.3 Å². The zero-order chi connectivity index (χ0) is 17.8. The number of rotatable bonds is 6. The largest absolute Gasteiger partial charge is 0.489 e. The third-order valence-corrected chi connectivity index (χ3v) is 4.72. The van der Waals surface area contributed by atoms with E-state index in [9.17, 15) is 0 Å². The van der Waals surface area contributed by atoms with E-state index >= 15 is 0 Å². The third kappa shape index (κ3) is 3.95. The summed E-state index contributed by atoms with van der Waals surface area (Å²) in [5, 5.41) is 5.72. The molecule has 130 valence electrons. The molecule has 0 bridgehead atoms. The number of pyridine rings is 1. The van der Waals surface area contributed by atoms with Crippen LogP contribution < -0.4 is 4.74 Å². The standard InChI is InChI=1S/C18H14ClN5OS/c19-15-4-5-16(25-11-13-3-1-6-20-10-13)14(9-15)12-26-18-22-17-21-7-2-8-24(17)23-18/h1-10H,11-12H2. The highest BCUT2D eigenvalue weighted by molar-refractivity contribution is 7.98. The Bertz CT molecular complexity index is 991. The summed E-state index contributed by atoms with van der Waals surface area (Å²) in [6.45, 7) is 0.448. The number of hydrogen-bond donors (Lipinski definition) is 0. The van der Waals surface area contributed by atoms with E-state index in [0.29, 0.717) is 28.3 Å². The Labute approximate surface area is 159 Å². The SMILES string of the molecule is Clc1ccc(OCc2cccnc2)c(CSc2nc3ncccn3n2)c1. The summed E-state index contributed by atoms with van der Waals surface area (Å²) in [7, 11) is 0. The Morgan fingerprint density at radius 1 is 1.15 bits per heavy atom. The zero-order valence-corrected chi connectivity index (χ0v) is 15.2. The molecule has 0 fully saturated rings. The van der Waals surface area contributed by atoms with Crippen LogP contribution in [0.2, 0.25) is 5.02 Å². The summed E-state index contributed by atoms with van der Waals surface area (Å²) < 4.78 is 7.61. The molecule has 8 heteroatoms. The van der Waals surface area contributed by atoms with Crippen LogP contribution in [0.25, 0.3) is 5.78 Å². The molecule has 4 aromatic rings. The van der Waals surface area contributed by atoms with Crippen molar-refractivity contribution in [3.8, 4) is 5.75 Å². The molecule has 0 atom stereocenters. The molecule has 0 aliphatic carbocycles. The molecule has 3 aromatic heterocycles. The van der Waals surface area contributed by atoms with Gasteiger partial charge in [0.25, 0.3) is 5.78 Å². The minimum absolute atomic E-state index is 0.448. The van der Waals surface area contributed by atoms with Crippen LogP contribution in [0.5, 0.6) is 5.75 Å². The van der Waals surface area contributed by atoms with Gasteiger partial charge in [0.1, 0.15) is 12.4 Å². The van der Waals surface area contributed by atoms with Crippen molar-refractivity contribution in [2.24, 2.45) is 0 Å². The highest BCUT2D eigenvalue weighted by Gasteiger charge is 2.10. The molecule has 0 aliphatic rings. The predicted molar refractivity (Wildman–Crippen MR) is 100 cm³/mol. The van der Waals surface area contributed by atoms with Gasteiger partial charge >= 0.3 is 0 Å². The lowest BCUT2D eigenvalue weighted by atomic mass is 10.2. The van der Waals surface area contributed by atoms with E-state index in [2.05, 4.69) is 20.1 Å². The maximum atomic E-state index is 6.16. The van der Waals surface area contributed by atoms with Crippen molar-refractivity contribution in [3.05, 3.63) is 77.3 Å². The van der Waals surface area contributed by atoms with Gasteiger partial charge < -0.3 is 4.74 Å². The second-order valence-electron chi connectivity index (χ2n) is 5.45. The lowest BCUT2D eigenvalue weighted by Crippen LogP contribution is -1.98. The summed E-state index contributed by atoms with van der Waals surface area (Å²) in [6.07, 6.45) is 7.05. The first-order valence-corrected chi connectivity index (χ1v) is 9.24. The fourth-order valence-corrected chi connectivity index (χ4v) is 3.36. The average Bonchev–Trinajstić information content (AvgIpc) is 3.09. The van der Waals surface area contributed by atoms with Crippen molar-refractivity contribution in [3.63, 3.8) is 0 Å². The fourth-order valence-electron chi connectivity index (χ4n) is 2.36. The highest BCUT2D eigenvalue weighted by Crippen LogP contribution is 2.29. The Balaban J connectivity index is 1.49. The summed E-state index contributed by atoms with van der Waals surface area (Å²) in [6, 6.07) is 11.3. The van der Waals surface area contributed by atoms with Crippen molar-refractivity contribution in [1.29, 1.82) is 0 Å². The molecule has 0 N–H and O–H groups in total. The first-order chi connectivity index (χ1) is 12.8. The molecule has 0 saturated heterocycles. The minimum atomic E-state index is 0.448. The molecule has 0 unspecified atom stereocenters. The van der Waals surface area contributed by atoms with Gasteiger partial charge in [-0.15, -0.1) is 5.10 Å². The van der Waals surface area contributed by atoms with Crippen LogP contribution in [0, 0.1) is 0 Å². The first kappa shape index (κ1) is 16.8. The summed E-state index contributed by atoms with van der Waals surface area (Å²) in [4.78, 5) is 12.7. The van der Waals surface area contributed by atoms with Gasteiger partial charge in [0.2, 0.25) is 5.16 Å². The van der Waals surface area contributed by atoms with Gasteiger partial charge in [-0.3, -0.25) is 4.98 Å². The maximum absolute atomic E-state index is 6.16. The van der Waals surface area contributed by atoms with E-state index in [-0.39, 0.29) is 0 Å². The van der Waals surface area contributed by atoms with E-state index in [1.54, 1.807) is 23.1 Å². The monoisotopic (exact) mass is 383 g/mol. The predicted octanol–water partition coefficient (Wildman–Crippen LogP) is 4.04. The molecule has 3 heterocycles. The fraction of sp³-hybridized carbons (Fsp3) is 0.111. The lowest BCUT2D eigenvalue weighted by molar-refractivity contribution is 0.303. The smallest absolute Gasteiger partial charge is 0.253 e. The van der Waals surface area contributed by atoms with Crippen LogP contribution in [-0.4, -0.2) is 24.6 Å². The molecular formula is C18H14ClN5OS. The molecule has 1 aromatic carbocycles. The van der Waals surface area contributed by atoms with Crippen LogP contribution in [0.15, 0.2) is 66.3 Å². The van der Waals surface area contributed by atoms with Crippen LogP contribution in [0.3, 0.4) is 0 Å². The van der Waals surface area contributed by atoms with Gasteiger partial charge in [0.05, 0.1) is 0 Å². The quantitative estimate of drug-likeness (QED) is 0.468. The van der Waals surface area contributed by atoms with E-state index in [1.165, 1.54) is 11.8 Å². The summed E-state index contributed by atoms with van der Waals surface area (Å²) in [5.74, 6) is 2.00. The Morgan fingerprint density at radius 3 is 2.96 bits per heavy atom. The first-order valence-electron chi connectivity index (χ1n) is 7.88. The van der Waals surface area contributed by atoms with Crippen molar-refractivity contribution in [2.75, 3.05) is 0 Å². The molecular weight excluding hydrogens is 370 g/mol. The van der Waals surface area contributed by atoms with Crippen LogP contribution in [0.4, 0.5) is 0 Å². The lowest BCUT2D eigenvalue weighted by Gasteiger charge is -2.11. The topological polar surface area (TPSA) is 65.2 Å². The summed E-state index contributed by atoms with van der Waals surface area (Å²) >= 11 is 7.67. The Hall–Kier alpha value is -2.64. The second kappa shape index (κ2) is 7.72. The van der Waals surface area contributed by atoms with Gasteiger partial charge in [-0.25, -0.2) is 9.50 Å². The number of nitrogens with zero attached hydrogens (tertiary/aromatic N) is 5. The number of halogens is 1. The number of benzene rings is 1. The van der Waals surface area contributed by atoms with Gasteiger partial charge in [-0.1, -0.05) is 29.4 Å². The normalized spacial score (nSPS) is 11.0. The molecule has 0 spiro atoms. The highest BCUT2D eigenvalue weighted by atomic mass is 35.5. The Kier molecular flexibility index (Phi) is 4.99. The molecule has 0 saturated carbocycles. The molecule has 0 aliphatic heterocycles. The van der Waals surface area contributed by atoms with Gasteiger partial charge in [0, 0.05) is 46.7 Å². The molecule has 0 radical (unpaired) electrons. The number of thioether (sulfide) groups is 1. The average molecular weight is 384 g/mol. The van der Waals surface area contributed by atoms with Crippen LogP contribution >= 0.6 is 23.4 Å². The van der Waals surface area contributed by atoms with Gasteiger partial charge in [-0.2, -0.15) is 4.98 Å². The second-order valence-corrected chi connectivity index (χ2v) is 6.83.